The lowest BCUT2D eigenvalue weighted by atomic mass is 10.2. The Hall–Kier alpha value is -2.60. The van der Waals surface area contributed by atoms with Crippen molar-refractivity contribution in [3.63, 3.8) is 0 Å². The number of rotatable bonds is 4. The molecule has 2 N–H and O–H groups in total. The fourth-order valence-electron chi connectivity index (χ4n) is 2.04. The molecule has 5 nitrogen and oxygen atoms in total. The number of thiocarbonyl (C=S) groups is 1. The van der Waals surface area contributed by atoms with Crippen molar-refractivity contribution in [2.75, 3.05) is 19.5 Å². The Kier molecular flexibility index (Phi) is 5.54. The van der Waals surface area contributed by atoms with E-state index in [1.165, 1.54) is 7.11 Å². The van der Waals surface area contributed by atoms with E-state index in [-0.39, 0.29) is 11.0 Å². The molecule has 0 fully saturated rings. The van der Waals surface area contributed by atoms with Crippen LogP contribution >= 0.6 is 12.2 Å². The molecule has 0 heterocycles. The van der Waals surface area contributed by atoms with Crippen LogP contribution in [0, 0.1) is 6.92 Å². The van der Waals surface area contributed by atoms with Gasteiger partial charge in [-0.15, -0.1) is 0 Å². The van der Waals surface area contributed by atoms with E-state index in [1.54, 1.807) is 25.3 Å². The summed E-state index contributed by atoms with van der Waals surface area (Å²) in [5.41, 5.74) is 2.29. The predicted octanol–water partition coefficient (Wildman–Crippen LogP) is 3.14. The van der Waals surface area contributed by atoms with Crippen LogP contribution in [-0.2, 0) is 0 Å². The molecule has 0 bridgehead atoms. The number of nitrogens with one attached hydrogen (secondary N) is 2. The highest BCUT2D eigenvalue weighted by Crippen LogP contribution is 2.24. The first-order chi connectivity index (χ1) is 11.0. The molecule has 2 aromatic carbocycles. The molecule has 0 aromatic heterocycles. The summed E-state index contributed by atoms with van der Waals surface area (Å²) >= 11 is 5.18. The Morgan fingerprint density at radius 2 is 1.87 bits per heavy atom. The summed E-state index contributed by atoms with van der Waals surface area (Å²) < 4.78 is 10.3. The number of methoxy groups -OCH3 is 2. The summed E-state index contributed by atoms with van der Waals surface area (Å²) in [5.74, 6) is 0.675. The fraction of sp³-hybridized carbons (Fsp3) is 0.176. The van der Waals surface area contributed by atoms with Crippen LogP contribution in [0.3, 0.4) is 0 Å². The van der Waals surface area contributed by atoms with Gasteiger partial charge in [0.2, 0.25) is 0 Å². The van der Waals surface area contributed by atoms with Crippen LogP contribution in [0.4, 0.5) is 5.69 Å². The van der Waals surface area contributed by atoms with Gasteiger partial charge < -0.3 is 14.8 Å². The van der Waals surface area contributed by atoms with E-state index in [0.29, 0.717) is 17.1 Å². The third-order valence-corrected chi connectivity index (χ3v) is 3.36. The molecule has 0 aliphatic rings. The third-order valence-electron chi connectivity index (χ3n) is 3.16. The average Bonchev–Trinajstić information content (AvgIpc) is 2.53. The van der Waals surface area contributed by atoms with Crippen LogP contribution in [0.1, 0.15) is 15.9 Å². The van der Waals surface area contributed by atoms with Crippen molar-refractivity contribution in [2.45, 2.75) is 6.92 Å². The molecule has 6 heteroatoms. The lowest BCUT2D eigenvalue weighted by Gasteiger charge is -2.12. The summed E-state index contributed by atoms with van der Waals surface area (Å²) in [7, 11) is 3.05. The van der Waals surface area contributed by atoms with Crippen LogP contribution < -0.4 is 20.1 Å². The zero-order valence-corrected chi connectivity index (χ0v) is 14.0. The maximum atomic E-state index is 12.3. The van der Waals surface area contributed by atoms with E-state index in [9.17, 15) is 4.79 Å². The number of anilines is 1. The van der Waals surface area contributed by atoms with Crippen LogP contribution in [0.25, 0.3) is 0 Å². The second-order valence-corrected chi connectivity index (χ2v) is 5.25. The Morgan fingerprint density at radius 3 is 2.52 bits per heavy atom. The molecule has 120 valence electrons. The largest absolute Gasteiger partial charge is 0.497 e. The topological polar surface area (TPSA) is 59.6 Å². The van der Waals surface area contributed by atoms with Gasteiger partial charge in [-0.3, -0.25) is 10.1 Å². The first kappa shape index (κ1) is 16.8. The maximum Gasteiger partial charge on any atom is 0.261 e. The second-order valence-electron chi connectivity index (χ2n) is 4.84. The smallest absolute Gasteiger partial charge is 0.261 e. The van der Waals surface area contributed by atoms with Crippen molar-refractivity contribution in [3.8, 4) is 11.5 Å². The van der Waals surface area contributed by atoms with E-state index in [4.69, 9.17) is 21.7 Å². The van der Waals surface area contributed by atoms with Gasteiger partial charge in [0.25, 0.3) is 5.91 Å². The fourth-order valence-corrected chi connectivity index (χ4v) is 2.25. The van der Waals surface area contributed by atoms with E-state index in [1.807, 2.05) is 31.2 Å². The number of aryl methyl sites for hydroxylation is 1. The molecule has 0 aliphatic carbocycles. The van der Waals surface area contributed by atoms with E-state index in [0.717, 1.165) is 11.3 Å². The van der Waals surface area contributed by atoms with Gasteiger partial charge in [-0.25, -0.2) is 0 Å². The normalized spacial score (nSPS) is 9.87. The number of benzene rings is 2. The Bertz CT molecular complexity index is 732. The second kappa shape index (κ2) is 7.60. The summed E-state index contributed by atoms with van der Waals surface area (Å²) in [6.45, 7) is 1.98. The lowest BCUT2D eigenvalue weighted by molar-refractivity contribution is 0.0974. The molecule has 1 amide bonds. The number of ether oxygens (including phenoxy) is 2. The molecule has 0 aliphatic heterocycles. The number of carbonyl (C=O) groups excluding carboxylic acids is 1. The van der Waals surface area contributed by atoms with Crippen molar-refractivity contribution < 1.29 is 14.3 Å². The van der Waals surface area contributed by atoms with Gasteiger partial charge in [0.15, 0.2) is 5.11 Å². The molecule has 0 unspecified atom stereocenters. The molecular formula is C17H18N2O3S. The third kappa shape index (κ3) is 4.43. The molecule has 2 rings (SSSR count). The molecule has 0 spiro atoms. The van der Waals surface area contributed by atoms with E-state index >= 15 is 0 Å². The van der Waals surface area contributed by atoms with Gasteiger partial charge in [0, 0.05) is 11.8 Å². The van der Waals surface area contributed by atoms with Crippen LogP contribution in [0.2, 0.25) is 0 Å². The van der Waals surface area contributed by atoms with Gasteiger partial charge in [-0.2, -0.15) is 0 Å². The number of hydrogen-bond acceptors (Lipinski definition) is 4. The number of hydrogen-bond donors (Lipinski definition) is 2. The SMILES string of the molecule is COc1ccc(C(=O)NC(=S)Nc2cccc(C)c2)c(OC)c1. The van der Waals surface area contributed by atoms with Crippen molar-refractivity contribution in [2.24, 2.45) is 0 Å². The lowest BCUT2D eigenvalue weighted by Crippen LogP contribution is -2.34. The molecular weight excluding hydrogens is 312 g/mol. The van der Waals surface area contributed by atoms with E-state index < -0.39 is 0 Å². The Morgan fingerprint density at radius 1 is 1.09 bits per heavy atom. The summed E-state index contributed by atoms with van der Waals surface area (Å²) in [6.07, 6.45) is 0. The zero-order chi connectivity index (χ0) is 16.8. The zero-order valence-electron chi connectivity index (χ0n) is 13.2. The summed E-state index contributed by atoms with van der Waals surface area (Å²) in [4.78, 5) is 12.3. The Labute approximate surface area is 140 Å². The summed E-state index contributed by atoms with van der Waals surface area (Å²) in [6, 6.07) is 12.7. The molecule has 23 heavy (non-hydrogen) atoms. The molecule has 0 atom stereocenters. The molecule has 2 aromatic rings. The van der Waals surface area contributed by atoms with Gasteiger partial charge in [0.1, 0.15) is 11.5 Å². The van der Waals surface area contributed by atoms with Crippen LogP contribution in [0.5, 0.6) is 11.5 Å². The molecule has 0 saturated heterocycles. The van der Waals surface area contributed by atoms with Crippen molar-refractivity contribution >= 4 is 28.9 Å². The minimum Gasteiger partial charge on any atom is -0.497 e. The summed E-state index contributed by atoms with van der Waals surface area (Å²) in [5, 5.41) is 5.84. The van der Waals surface area contributed by atoms with Crippen molar-refractivity contribution in [1.82, 2.24) is 5.32 Å². The van der Waals surface area contributed by atoms with Crippen molar-refractivity contribution in [1.29, 1.82) is 0 Å². The first-order valence-electron chi connectivity index (χ1n) is 6.94. The molecule has 0 radical (unpaired) electrons. The minimum absolute atomic E-state index is 0.221. The monoisotopic (exact) mass is 330 g/mol. The van der Waals surface area contributed by atoms with Gasteiger partial charge in [0.05, 0.1) is 19.8 Å². The highest BCUT2D eigenvalue weighted by molar-refractivity contribution is 7.80. The van der Waals surface area contributed by atoms with Gasteiger partial charge in [-0.05, 0) is 49.0 Å². The minimum atomic E-state index is -0.352. The molecule has 0 saturated carbocycles. The number of carbonyl (C=O) groups is 1. The van der Waals surface area contributed by atoms with Crippen molar-refractivity contribution in [3.05, 3.63) is 53.6 Å². The van der Waals surface area contributed by atoms with Crippen LogP contribution in [-0.4, -0.2) is 25.2 Å². The Balaban J connectivity index is 2.08. The first-order valence-corrected chi connectivity index (χ1v) is 7.35. The van der Waals surface area contributed by atoms with E-state index in [2.05, 4.69) is 10.6 Å². The quantitative estimate of drug-likeness (QED) is 0.844. The van der Waals surface area contributed by atoms with Gasteiger partial charge >= 0.3 is 0 Å². The number of amides is 1. The standard InChI is InChI=1S/C17H18N2O3S/c1-11-5-4-6-12(9-11)18-17(23)19-16(20)14-8-7-13(21-2)10-15(14)22-3/h4-10H,1-3H3,(H2,18,19,20,23). The highest BCUT2D eigenvalue weighted by Gasteiger charge is 2.14. The highest BCUT2D eigenvalue weighted by atomic mass is 32.1. The van der Waals surface area contributed by atoms with Crippen LogP contribution in [0.15, 0.2) is 42.5 Å². The van der Waals surface area contributed by atoms with Gasteiger partial charge in [-0.1, -0.05) is 12.1 Å². The maximum absolute atomic E-state index is 12.3. The average molecular weight is 330 g/mol. The predicted molar refractivity (Wildman–Crippen MR) is 94.4 cm³/mol.